The zero-order valence-corrected chi connectivity index (χ0v) is 23.0. The molecule has 0 aliphatic rings. The van der Waals surface area contributed by atoms with Crippen molar-refractivity contribution in [2.45, 2.75) is 34.6 Å². The molecule has 3 rings (SSSR count). The van der Waals surface area contributed by atoms with E-state index in [2.05, 4.69) is 70.4 Å². The number of hydrogen-bond donors (Lipinski definition) is 0. The third-order valence-electron chi connectivity index (χ3n) is 5.76. The van der Waals surface area contributed by atoms with E-state index in [4.69, 9.17) is 0 Å². The topological polar surface area (TPSA) is 6.48 Å². The van der Waals surface area contributed by atoms with Gasteiger partial charge in [0, 0.05) is 0 Å². The predicted octanol–water partition coefficient (Wildman–Crippen LogP) is 6.82. The van der Waals surface area contributed by atoms with Crippen LogP contribution in [0.15, 0.2) is 48.5 Å². The van der Waals surface area contributed by atoms with E-state index in [0.717, 1.165) is 11.1 Å². The Morgan fingerprint density at radius 3 is 1.06 bits per heavy atom. The van der Waals surface area contributed by atoms with Crippen molar-refractivity contribution in [3.63, 3.8) is 0 Å². The molecule has 0 spiro atoms. The van der Waals surface area contributed by atoms with E-state index in [-0.39, 0.29) is 39.9 Å². The van der Waals surface area contributed by atoms with Gasteiger partial charge in [0.25, 0.3) is 0 Å². The van der Waals surface area contributed by atoms with Crippen LogP contribution in [-0.4, -0.2) is 28.2 Å². The zero-order chi connectivity index (χ0) is 23.0. The Labute approximate surface area is 223 Å². The molecule has 0 saturated carbocycles. The summed E-state index contributed by atoms with van der Waals surface area (Å²) >= 11 is 0. The van der Waals surface area contributed by atoms with Crippen LogP contribution in [0.5, 0.6) is 0 Å². The van der Waals surface area contributed by atoms with Gasteiger partial charge in [0.05, 0.1) is 0 Å². The summed E-state index contributed by atoms with van der Waals surface area (Å²) < 4.78 is 0. The molecular weight excluding hydrogens is 522 g/mol. The maximum Gasteiger partial charge on any atom is 3.00 e. The molecule has 0 aromatic heterocycles. The van der Waals surface area contributed by atoms with E-state index >= 15 is 0 Å². The molecule has 0 heterocycles. The summed E-state index contributed by atoms with van der Waals surface area (Å²) in [5.74, 6) is 0. The molecule has 3 heteroatoms. The van der Waals surface area contributed by atoms with Crippen molar-refractivity contribution in [1.29, 1.82) is 0 Å². The average Bonchev–Trinajstić information content (AvgIpc) is 2.87. The first-order valence-corrected chi connectivity index (χ1v) is 10.3. The summed E-state index contributed by atoms with van der Waals surface area (Å²) in [6.07, 6.45) is 0. The van der Waals surface area contributed by atoms with Gasteiger partial charge in [-0.3, -0.25) is 0 Å². The average molecular weight is 561 g/mol. The predicted molar refractivity (Wildman–Crippen MR) is 136 cm³/mol. The first kappa shape index (κ1) is 29.5. The summed E-state index contributed by atoms with van der Waals surface area (Å²) in [7, 11) is 8.07. The smallest absolute Gasteiger partial charge is 0.428 e. The van der Waals surface area contributed by atoms with Crippen LogP contribution in [0.2, 0.25) is 0 Å². The Balaban J connectivity index is 0.000000429. The molecule has 0 aliphatic heterocycles. The largest absolute Gasteiger partial charge is 3.00 e. The Morgan fingerprint density at radius 1 is 0.613 bits per heavy atom. The van der Waals surface area contributed by atoms with Gasteiger partial charge in [-0.05, 0) is 28.2 Å². The molecule has 3 aromatic rings. The van der Waals surface area contributed by atoms with Gasteiger partial charge in [0.2, 0.25) is 0 Å². The Kier molecular flexibility index (Phi) is 13.1. The van der Waals surface area contributed by atoms with E-state index in [1.165, 1.54) is 39.2 Å². The summed E-state index contributed by atoms with van der Waals surface area (Å²) in [5, 5.41) is 0. The van der Waals surface area contributed by atoms with Crippen molar-refractivity contribution in [2.75, 3.05) is 38.0 Å². The van der Waals surface area contributed by atoms with Gasteiger partial charge in [-0.15, -0.1) is 12.1 Å². The minimum absolute atomic E-state index is 0. The van der Waals surface area contributed by atoms with E-state index in [9.17, 15) is 0 Å². The van der Waals surface area contributed by atoms with Crippen molar-refractivity contribution in [1.82, 2.24) is 0 Å². The summed E-state index contributed by atoms with van der Waals surface area (Å²) in [4.78, 5) is 4.12. The van der Waals surface area contributed by atoms with E-state index < -0.39 is 0 Å². The second-order valence-electron chi connectivity index (χ2n) is 8.17. The van der Waals surface area contributed by atoms with Gasteiger partial charge in [0.1, 0.15) is 0 Å². The molecule has 0 N–H and O–H groups in total. The van der Waals surface area contributed by atoms with Crippen molar-refractivity contribution in [2.24, 2.45) is 0 Å². The van der Waals surface area contributed by atoms with Crippen LogP contribution >= 0.6 is 0 Å². The number of anilines is 2. The van der Waals surface area contributed by atoms with Gasteiger partial charge in [-0.1, -0.05) is 70.3 Å². The first-order valence-electron chi connectivity index (χ1n) is 10.3. The fourth-order valence-electron chi connectivity index (χ4n) is 3.30. The van der Waals surface area contributed by atoms with Crippen LogP contribution < -0.4 is 9.80 Å². The molecule has 1 radical (unpaired) electrons. The molecule has 0 atom stereocenters. The van der Waals surface area contributed by atoms with Gasteiger partial charge in [-0.2, -0.15) is 64.9 Å². The quantitative estimate of drug-likeness (QED) is 0.318. The van der Waals surface area contributed by atoms with E-state index in [0.29, 0.717) is 0 Å². The Morgan fingerprint density at radius 2 is 0.903 bits per heavy atom. The maximum atomic E-state index is 3.90. The fraction of sp³-hybridized carbons (Fsp3) is 0.321. The van der Waals surface area contributed by atoms with Crippen LogP contribution in [0.25, 0.3) is 0 Å². The van der Waals surface area contributed by atoms with Crippen molar-refractivity contribution < 1.29 is 39.9 Å². The Hall–Kier alpha value is -1.55. The number of nitrogens with zero attached hydrogens (tertiary/aromatic N) is 2. The number of hydrogen-bond acceptors (Lipinski definition) is 2. The van der Waals surface area contributed by atoms with Crippen molar-refractivity contribution in [3.8, 4) is 0 Å². The van der Waals surface area contributed by atoms with E-state index in [1.807, 2.05) is 64.6 Å². The van der Waals surface area contributed by atoms with Crippen LogP contribution in [0.4, 0.5) is 11.4 Å². The minimum Gasteiger partial charge on any atom is -0.428 e. The van der Waals surface area contributed by atoms with E-state index in [1.54, 1.807) is 0 Å². The Bertz CT molecular complexity index is 806. The molecule has 169 valence electrons. The SMILES string of the molecule is Cc1c(C)c(C)[c-](C)c1C.[CH2-]c1ccccc1N(C)C.[CH2-]c1ccccc1N(C)C.[Gd+3]. The van der Waals surface area contributed by atoms with Gasteiger partial charge >= 0.3 is 39.9 Å². The minimum atomic E-state index is 0. The van der Waals surface area contributed by atoms with Gasteiger partial charge in [0.15, 0.2) is 0 Å². The molecule has 2 nitrogen and oxygen atoms in total. The summed E-state index contributed by atoms with van der Waals surface area (Å²) in [6, 6.07) is 16.2. The number of benzene rings is 2. The summed E-state index contributed by atoms with van der Waals surface area (Å²) in [6.45, 7) is 18.8. The number of para-hydroxylation sites is 2. The second kappa shape index (κ2) is 13.8. The molecule has 31 heavy (non-hydrogen) atoms. The fourth-order valence-corrected chi connectivity index (χ4v) is 3.30. The number of rotatable bonds is 2. The zero-order valence-electron chi connectivity index (χ0n) is 20.8. The second-order valence-corrected chi connectivity index (χ2v) is 8.17. The molecule has 0 amide bonds. The van der Waals surface area contributed by atoms with Crippen molar-refractivity contribution in [3.05, 3.63) is 101 Å². The molecule has 0 bridgehead atoms. The molecule has 0 aliphatic carbocycles. The maximum absolute atomic E-state index is 3.90. The molecule has 0 unspecified atom stereocenters. The van der Waals surface area contributed by atoms with Gasteiger partial charge < -0.3 is 9.80 Å². The van der Waals surface area contributed by atoms with Crippen LogP contribution in [0.3, 0.4) is 0 Å². The van der Waals surface area contributed by atoms with Gasteiger partial charge in [-0.25, -0.2) is 0 Å². The summed E-state index contributed by atoms with van der Waals surface area (Å²) in [5.41, 5.74) is 11.9. The molecule has 0 saturated heterocycles. The third kappa shape index (κ3) is 8.48. The molecule has 0 fully saturated rings. The third-order valence-corrected chi connectivity index (χ3v) is 5.76. The monoisotopic (exact) mass is 561 g/mol. The standard InChI is InChI=1S/C10H15.2C9H12N.Gd/c1-6-7(2)9(4)10(5)8(6)3;2*1-8-6-4-5-7-9(8)10(2)3;/h1-5H3;2*4-7H,1H2,2-3H3;/q3*-1;+3. The first-order chi connectivity index (χ1) is 14.0. The van der Waals surface area contributed by atoms with Crippen LogP contribution in [0.1, 0.15) is 38.9 Å². The molecular formula is C28H39GdN2. The molecule has 3 aromatic carbocycles. The van der Waals surface area contributed by atoms with Crippen LogP contribution in [-0.2, 0) is 0 Å². The van der Waals surface area contributed by atoms with Crippen molar-refractivity contribution >= 4 is 11.4 Å². The normalized spacial score (nSPS) is 9.45. The van der Waals surface area contributed by atoms with Crippen LogP contribution in [0, 0.1) is 88.4 Å².